The molecule has 2 N–H and O–H groups in total. The van der Waals surface area contributed by atoms with Crippen molar-refractivity contribution in [3.05, 3.63) is 22.7 Å². The van der Waals surface area contributed by atoms with E-state index in [4.69, 9.17) is 11.6 Å². The normalized spacial score (nSPS) is 25.2. The van der Waals surface area contributed by atoms with Gasteiger partial charge in [-0.1, -0.05) is 11.6 Å². The second kappa shape index (κ2) is 4.91. The van der Waals surface area contributed by atoms with Gasteiger partial charge in [0, 0.05) is 30.4 Å². The molecule has 0 spiro atoms. The summed E-state index contributed by atoms with van der Waals surface area (Å²) in [6.45, 7) is 1.86. The molecule has 2 atom stereocenters. The summed E-state index contributed by atoms with van der Waals surface area (Å²) in [5.41, 5.74) is 2.14. The second-order valence-corrected chi connectivity index (χ2v) is 6.04. The van der Waals surface area contributed by atoms with Gasteiger partial charge in [0.2, 0.25) is 0 Å². The Morgan fingerprint density at radius 3 is 2.85 bits per heavy atom. The van der Waals surface area contributed by atoms with Crippen molar-refractivity contribution < 1.29 is 9.90 Å². The van der Waals surface area contributed by atoms with Crippen LogP contribution in [0.4, 0.5) is 11.4 Å². The lowest BCUT2D eigenvalue weighted by Gasteiger charge is -2.23. The molecule has 5 nitrogen and oxygen atoms in total. The van der Waals surface area contributed by atoms with E-state index < -0.39 is 6.10 Å². The van der Waals surface area contributed by atoms with Crippen LogP contribution in [-0.4, -0.2) is 49.1 Å². The SMILES string of the molecule is CN(C)C1CCN(c2cc3c(cc2Cl)C(O)C(=O)N3)C1. The lowest BCUT2D eigenvalue weighted by Crippen LogP contribution is -2.31. The highest BCUT2D eigenvalue weighted by atomic mass is 35.5. The van der Waals surface area contributed by atoms with Crippen molar-refractivity contribution in [2.24, 2.45) is 0 Å². The number of hydrogen-bond acceptors (Lipinski definition) is 4. The number of fused-ring (bicyclic) bond motifs is 1. The Bertz CT molecular complexity index is 562. The van der Waals surface area contributed by atoms with Gasteiger partial charge < -0.3 is 20.2 Å². The molecule has 0 saturated carbocycles. The number of hydrogen-bond donors (Lipinski definition) is 2. The van der Waals surface area contributed by atoms with Crippen molar-refractivity contribution in [2.45, 2.75) is 18.6 Å². The zero-order valence-electron chi connectivity index (χ0n) is 11.6. The standard InChI is InChI=1S/C14H18ClN3O2/c1-17(2)8-3-4-18(7-8)12-6-11-9(5-10(12)15)13(19)14(20)16-11/h5-6,8,13,19H,3-4,7H2,1-2H3,(H,16,20). The number of carbonyl (C=O) groups is 1. The van der Waals surface area contributed by atoms with Gasteiger partial charge >= 0.3 is 0 Å². The summed E-state index contributed by atoms with van der Waals surface area (Å²) in [4.78, 5) is 15.9. The van der Waals surface area contributed by atoms with Gasteiger partial charge in [-0.3, -0.25) is 4.79 Å². The number of aliphatic hydroxyl groups excluding tert-OH is 1. The minimum atomic E-state index is -1.11. The van der Waals surface area contributed by atoms with Gasteiger partial charge in [-0.2, -0.15) is 0 Å². The van der Waals surface area contributed by atoms with Crippen molar-refractivity contribution in [3.8, 4) is 0 Å². The average molecular weight is 296 g/mol. The van der Waals surface area contributed by atoms with Gasteiger partial charge in [0.15, 0.2) is 6.10 Å². The molecule has 2 aliphatic heterocycles. The molecule has 2 aliphatic rings. The van der Waals surface area contributed by atoms with Crippen LogP contribution in [0.5, 0.6) is 0 Å². The Kier molecular flexibility index (Phi) is 3.36. The monoisotopic (exact) mass is 295 g/mol. The number of nitrogens with zero attached hydrogens (tertiary/aromatic N) is 2. The van der Waals surface area contributed by atoms with Crippen LogP contribution in [0.1, 0.15) is 18.1 Å². The molecular weight excluding hydrogens is 278 g/mol. The van der Waals surface area contributed by atoms with Crippen LogP contribution in [0.2, 0.25) is 5.02 Å². The molecular formula is C14H18ClN3O2. The molecule has 1 aromatic rings. The molecule has 2 unspecified atom stereocenters. The molecule has 108 valence electrons. The van der Waals surface area contributed by atoms with Crippen molar-refractivity contribution in [1.82, 2.24) is 4.90 Å². The molecule has 0 radical (unpaired) electrons. The third kappa shape index (κ3) is 2.16. The van der Waals surface area contributed by atoms with E-state index in [2.05, 4.69) is 29.2 Å². The van der Waals surface area contributed by atoms with E-state index in [0.717, 1.165) is 25.2 Å². The molecule has 1 amide bonds. The van der Waals surface area contributed by atoms with Gasteiger partial charge in [0.1, 0.15) is 0 Å². The lowest BCUT2D eigenvalue weighted by molar-refractivity contribution is -0.123. The zero-order chi connectivity index (χ0) is 14.4. The molecule has 1 fully saturated rings. The van der Waals surface area contributed by atoms with Crippen molar-refractivity contribution in [2.75, 3.05) is 37.4 Å². The molecule has 3 rings (SSSR count). The first kappa shape index (κ1) is 13.7. The first-order valence-electron chi connectivity index (χ1n) is 6.71. The maximum atomic E-state index is 11.5. The first-order valence-corrected chi connectivity index (χ1v) is 7.09. The zero-order valence-corrected chi connectivity index (χ0v) is 12.3. The Balaban J connectivity index is 1.89. The number of amides is 1. The van der Waals surface area contributed by atoms with Crippen molar-refractivity contribution in [1.29, 1.82) is 0 Å². The predicted octanol–water partition coefficient (Wildman–Crippen LogP) is 1.47. The number of aliphatic hydroxyl groups is 1. The fraction of sp³-hybridized carbons (Fsp3) is 0.500. The number of benzene rings is 1. The smallest absolute Gasteiger partial charge is 0.257 e. The first-order chi connectivity index (χ1) is 9.47. The van der Waals surface area contributed by atoms with Crippen molar-refractivity contribution >= 4 is 28.9 Å². The lowest BCUT2D eigenvalue weighted by atomic mass is 10.1. The van der Waals surface area contributed by atoms with Gasteiger partial charge in [0.05, 0.1) is 10.7 Å². The maximum Gasteiger partial charge on any atom is 0.257 e. The summed E-state index contributed by atoms with van der Waals surface area (Å²) in [7, 11) is 4.16. The summed E-state index contributed by atoms with van der Waals surface area (Å²) in [6, 6.07) is 4.07. The highest BCUT2D eigenvalue weighted by molar-refractivity contribution is 6.33. The Morgan fingerprint density at radius 2 is 2.20 bits per heavy atom. The molecule has 1 aromatic carbocycles. The average Bonchev–Trinajstić information content (AvgIpc) is 2.97. The highest BCUT2D eigenvalue weighted by Gasteiger charge is 2.32. The molecule has 2 heterocycles. The van der Waals surface area contributed by atoms with Crippen LogP contribution >= 0.6 is 11.6 Å². The Hall–Kier alpha value is -1.30. The predicted molar refractivity (Wildman–Crippen MR) is 79.3 cm³/mol. The van der Waals surface area contributed by atoms with E-state index in [1.165, 1.54) is 0 Å². The second-order valence-electron chi connectivity index (χ2n) is 5.63. The summed E-state index contributed by atoms with van der Waals surface area (Å²) in [6.07, 6.45) is -0.0141. The van der Waals surface area contributed by atoms with Gasteiger partial charge in [0.25, 0.3) is 5.91 Å². The fourth-order valence-electron chi connectivity index (χ4n) is 2.88. The molecule has 6 heteroatoms. The third-order valence-electron chi connectivity index (χ3n) is 4.15. The van der Waals surface area contributed by atoms with E-state index in [1.807, 2.05) is 6.07 Å². The van der Waals surface area contributed by atoms with E-state index in [9.17, 15) is 9.90 Å². The molecule has 0 aromatic heterocycles. The number of likely N-dealkylation sites (N-methyl/N-ethyl adjacent to an activating group) is 1. The fourth-order valence-corrected chi connectivity index (χ4v) is 3.17. The van der Waals surface area contributed by atoms with E-state index in [-0.39, 0.29) is 5.91 Å². The van der Waals surface area contributed by atoms with Crippen LogP contribution in [0.25, 0.3) is 0 Å². The summed E-state index contributed by atoms with van der Waals surface area (Å²) in [5, 5.41) is 13.0. The summed E-state index contributed by atoms with van der Waals surface area (Å²) in [5.74, 6) is -0.388. The van der Waals surface area contributed by atoms with E-state index >= 15 is 0 Å². The molecule has 20 heavy (non-hydrogen) atoms. The van der Waals surface area contributed by atoms with Crippen LogP contribution < -0.4 is 10.2 Å². The van der Waals surface area contributed by atoms with Gasteiger partial charge in [-0.05, 0) is 32.6 Å². The largest absolute Gasteiger partial charge is 0.378 e. The molecule has 1 saturated heterocycles. The van der Waals surface area contributed by atoms with Crippen molar-refractivity contribution in [3.63, 3.8) is 0 Å². The summed E-state index contributed by atoms with van der Waals surface area (Å²) < 4.78 is 0. The van der Waals surface area contributed by atoms with E-state index in [0.29, 0.717) is 22.3 Å². The highest BCUT2D eigenvalue weighted by Crippen LogP contribution is 2.39. The third-order valence-corrected chi connectivity index (χ3v) is 4.46. The van der Waals surface area contributed by atoms with Crippen LogP contribution in [0, 0.1) is 0 Å². The molecule has 0 aliphatic carbocycles. The van der Waals surface area contributed by atoms with Crippen LogP contribution in [0.3, 0.4) is 0 Å². The summed E-state index contributed by atoms with van der Waals surface area (Å²) >= 11 is 6.32. The Morgan fingerprint density at radius 1 is 1.45 bits per heavy atom. The Labute approximate surface area is 123 Å². The van der Waals surface area contributed by atoms with Gasteiger partial charge in [-0.15, -0.1) is 0 Å². The number of rotatable bonds is 2. The maximum absolute atomic E-state index is 11.5. The van der Waals surface area contributed by atoms with Crippen LogP contribution in [0.15, 0.2) is 12.1 Å². The minimum absolute atomic E-state index is 0.388. The molecule has 0 bridgehead atoms. The number of carbonyl (C=O) groups excluding carboxylic acids is 1. The number of nitrogens with one attached hydrogen (secondary N) is 1. The quantitative estimate of drug-likeness (QED) is 0.867. The minimum Gasteiger partial charge on any atom is -0.378 e. The van der Waals surface area contributed by atoms with E-state index in [1.54, 1.807) is 6.07 Å². The van der Waals surface area contributed by atoms with Crippen LogP contribution in [-0.2, 0) is 4.79 Å². The number of anilines is 2. The topological polar surface area (TPSA) is 55.8 Å². The number of halogens is 1. The van der Waals surface area contributed by atoms with Gasteiger partial charge in [-0.25, -0.2) is 0 Å².